The molecule has 1 N–H and O–H groups in total. The number of para-hydroxylation sites is 1. The quantitative estimate of drug-likeness (QED) is 0.764. The zero-order chi connectivity index (χ0) is 13.2. The molecule has 0 radical (unpaired) electrons. The van der Waals surface area contributed by atoms with Crippen molar-refractivity contribution in [2.75, 3.05) is 5.32 Å². The van der Waals surface area contributed by atoms with Crippen molar-refractivity contribution in [1.29, 1.82) is 0 Å². The minimum Gasteiger partial charge on any atom is -0.459 e. The minimum absolute atomic E-state index is 0.667. The first-order chi connectivity index (χ1) is 9.22. The highest BCUT2D eigenvalue weighted by Gasteiger charge is 2.04. The third-order valence-electron chi connectivity index (χ3n) is 3.15. The van der Waals surface area contributed by atoms with E-state index >= 15 is 0 Å². The highest BCUT2D eigenvalue weighted by molar-refractivity contribution is 5.77. The summed E-state index contributed by atoms with van der Waals surface area (Å²) in [6, 6.07) is 14.2. The Morgan fingerprint density at radius 1 is 1.11 bits per heavy atom. The van der Waals surface area contributed by atoms with Gasteiger partial charge in [0.1, 0.15) is 11.3 Å². The number of anilines is 1. The van der Waals surface area contributed by atoms with E-state index < -0.39 is 0 Å². The zero-order valence-corrected chi connectivity index (χ0v) is 11.1. The van der Waals surface area contributed by atoms with Crippen LogP contribution in [-0.4, -0.2) is 4.98 Å². The van der Waals surface area contributed by atoms with E-state index in [1.807, 2.05) is 38.1 Å². The van der Waals surface area contributed by atoms with Crippen LogP contribution in [-0.2, 0) is 6.54 Å². The molecule has 3 nitrogen and oxygen atoms in total. The molecule has 0 spiro atoms. The highest BCUT2D eigenvalue weighted by atomic mass is 16.3. The summed E-state index contributed by atoms with van der Waals surface area (Å²) < 4.78 is 5.77. The van der Waals surface area contributed by atoms with E-state index in [4.69, 9.17) is 4.42 Å². The Morgan fingerprint density at radius 2 is 1.95 bits per heavy atom. The van der Waals surface area contributed by atoms with E-state index in [0.717, 1.165) is 33.8 Å². The number of rotatable bonds is 3. The van der Waals surface area contributed by atoms with Gasteiger partial charge in [-0.15, -0.1) is 0 Å². The van der Waals surface area contributed by atoms with Crippen molar-refractivity contribution >= 4 is 16.7 Å². The van der Waals surface area contributed by atoms with Crippen molar-refractivity contribution < 1.29 is 4.42 Å². The molecule has 2 heterocycles. The molecule has 3 aromatic rings. The van der Waals surface area contributed by atoms with E-state index in [1.165, 1.54) is 0 Å². The van der Waals surface area contributed by atoms with Gasteiger partial charge in [0.15, 0.2) is 0 Å². The lowest BCUT2D eigenvalue weighted by Gasteiger charge is -2.07. The van der Waals surface area contributed by atoms with Crippen molar-refractivity contribution in [1.82, 2.24) is 4.98 Å². The lowest BCUT2D eigenvalue weighted by molar-refractivity contribution is 0.559. The van der Waals surface area contributed by atoms with Crippen LogP contribution >= 0.6 is 0 Å². The van der Waals surface area contributed by atoms with Crippen LogP contribution in [0.5, 0.6) is 0 Å². The smallest absolute Gasteiger partial charge is 0.134 e. The van der Waals surface area contributed by atoms with Crippen LogP contribution in [0.2, 0.25) is 0 Å². The molecule has 0 unspecified atom stereocenters. The van der Waals surface area contributed by atoms with Crippen molar-refractivity contribution in [2.45, 2.75) is 20.4 Å². The number of hydrogen-bond acceptors (Lipinski definition) is 3. The highest BCUT2D eigenvalue weighted by Crippen LogP contribution is 2.20. The van der Waals surface area contributed by atoms with Gasteiger partial charge in [0, 0.05) is 11.1 Å². The van der Waals surface area contributed by atoms with Gasteiger partial charge in [-0.25, -0.2) is 0 Å². The summed E-state index contributed by atoms with van der Waals surface area (Å²) in [5.41, 5.74) is 4.02. The SMILES string of the molecule is Cc1ccc(NCc2cc3ccccc3o2)c(C)n1. The summed E-state index contributed by atoms with van der Waals surface area (Å²) in [5, 5.41) is 4.50. The lowest BCUT2D eigenvalue weighted by atomic mass is 10.2. The van der Waals surface area contributed by atoms with Crippen LogP contribution in [0.3, 0.4) is 0 Å². The number of pyridine rings is 1. The Balaban J connectivity index is 1.78. The van der Waals surface area contributed by atoms with Crippen LogP contribution in [0, 0.1) is 13.8 Å². The zero-order valence-electron chi connectivity index (χ0n) is 11.1. The Bertz CT molecular complexity index is 683. The summed E-state index contributed by atoms with van der Waals surface area (Å²) in [4.78, 5) is 4.44. The third kappa shape index (κ3) is 2.45. The largest absolute Gasteiger partial charge is 0.459 e. The van der Waals surface area contributed by atoms with Crippen LogP contribution in [0.15, 0.2) is 46.9 Å². The Kier molecular flexibility index (Phi) is 2.95. The van der Waals surface area contributed by atoms with Crippen molar-refractivity contribution in [3.8, 4) is 0 Å². The van der Waals surface area contributed by atoms with Crippen molar-refractivity contribution in [3.63, 3.8) is 0 Å². The number of aryl methyl sites for hydroxylation is 2. The molecule has 0 atom stereocenters. The fourth-order valence-electron chi connectivity index (χ4n) is 2.18. The van der Waals surface area contributed by atoms with E-state index in [9.17, 15) is 0 Å². The third-order valence-corrected chi connectivity index (χ3v) is 3.15. The molecule has 2 aromatic heterocycles. The lowest BCUT2D eigenvalue weighted by Crippen LogP contribution is -2.01. The molecule has 0 aliphatic carbocycles. The van der Waals surface area contributed by atoms with Crippen LogP contribution in [0.4, 0.5) is 5.69 Å². The Labute approximate surface area is 112 Å². The average molecular weight is 252 g/mol. The minimum atomic E-state index is 0.667. The van der Waals surface area contributed by atoms with Crippen LogP contribution in [0.25, 0.3) is 11.0 Å². The van der Waals surface area contributed by atoms with Gasteiger partial charge < -0.3 is 9.73 Å². The topological polar surface area (TPSA) is 38.1 Å². The maximum atomic E-state index is 5.77. The van der Waals surface area contributed by atoms with Gasteiger partial charge in [-0.1, -0.05) is 18.2 Å². The van der Waals surface area contributed by atoms with Gasteiger partial charge in [0.2, 0.25) is 0 Å². The fourth-order valence-corrected chi connectivity index (χ4v) is 2.18. The summed E-state index contributed by atoms with van der Waals surface area (Å²) in [7, 11) is 0. The molecule has 0 aliphatic heterocycles. The molecule has 0 saturated carbocycles. The molecule has 3 heteroatoms. The molecule has 0 fully saturated rings. The number of nitrogens with one attached hydrogen (secondary N) is 1. The molecular formula is C16H16N2O. The first-order valence-electron chi connectivity index (χ1n) is 6.38. The van der Waals surface area contributed by atoms with Gasteiger partial charge in [-0.2, -0.15) is 0 Å². The number of nitrogens with zero attached hydrogens (tertiary/aromatic N) is 1. The average Bonchev–Trinajstić information content (AvgIpc) is 2.80. The first kappa shape index (κ1) is 11.8. The maximum absolute atomic E-state index is 5.77. The van der Waals surface area contributed by atoms with Gasteiger partial charge >= 0.3 is 0 Å². The molecular weight excluding hydrogens is 236 g/mol. The molecule has 0 amide bonds. The predicted molar refractivity (Wildman–Crippen MR) is 77.3 cm³/mol. The molecule has 19 heavy (non-hydrogen) atoms. The van der Waals surface area contributed by atoms with E-state index in [0.29, 0.717) is 6.54 Å². The number of furan rings is 1. The molecule has 0 bridgehead atoms. The summed E-state index contributed by atoms with van der Waals surface area (Å²) in [6.07, 6.45) is 0. The number of fused-ring (bicyclic) bond motifs is 1. The molecule has 3 rings (SSSR count). The molecule has 96 valence electrons. The van der Waals surface area contributed by atoms with Gasteiger partial charge in [0.05, 0.1) is 17.9 Å². The van der Waals surface area contributed by atoms with E-state index in [1.54, 1.807) is 0 Å². The van der Waals surface area contributed by atoms with E-state index in [2.05, 4.69) is 28.5 Å². The van der Waals surface area contributed by atoms with Gasteiger partial charge in [0.25, 0.3) is 0 Å². The fraction of sp³-hybridized carbons (Fsp3) is 0.188. The number of hydrogen-bond donors (Lipinski definition) is 1. The van der Waals surface area contributed by atoms with Gasteiger partial charge in [-0.05, 0) is 38.1 Å². The monoisotopic (exact) mass is 252 g/mol. The van der Waals surface area contributed by atoms with Crippen LogP contribution in [0.1, 0.15) is 17.1 Å². The molecule has 0 aliphatic rings. The Hall–Kier alpha value is -2.29. The summed E-state index contributed by atoms with van der Waals surface area (Å²) in [5.74, 6) is 0.932. The summed E-state index contributed by atoms with van der Waals surface area (Å²) >= 11 is 0. The number of aromatic nitrogens is 1. The van der Waals surface area contributed by atoms with Crippen LogP contribution < -0.4 is 5.32 Å². The second-order valence-corrected chi connectivity index (χ2v) is 4.69. The first-order valence-corrected chi connectivity index (χ1v) is 6.38. The molecule has 1 aromatic carbocycles. The second-order valence-electron chi connectivity index (χ2n) is 4.69. The van der Waals surface area contributed by atoms with Crippen molar-refractivity contribution in [2.24, 2.45) is 0 Å². The second kappa shape index (κ2) is 4.76. The van der Waals surface area contributed by atoms with Crippen molar-refractivity contribution in [3.05, 3.63) is 59.6 Å². The van der Waals surface area contributed by atoms with Gasteiger partial charge in [-0.3, -0.25) is 4.98 Å². The standard InChI is InChI=1S/C16H16N2O/c1-11-7-8-15(12(2)18-11)17-10-14-9-13-5-3-4-6-16(13)19-14/h3-9,17H,10H2,1-2H3. The maximum Gasteiger partial charge on any atom is 0.134 e. The molecule has 0 saturated heterocycles. The van der Waals surface area contributed by atoms with E-state index in [-0.39, 0.29) is 0 Å². The Morgan fingerprint density at radius 3 is 2.74 bits per heavy atom. The predicted octanol–water partition coefficient (Wildman–Crippen LogP) is 4.06. The number of benzene rings is 1. The normalized spacial score (nSPS) is 10.8. The summed E-state index contributed by atoms with van der Waals surface area (Å²) in [6.45, 7) is 4.67.